The minimum Gasteiger partial charge on any atom is -0.377 e. The molecule has 0 aliphatic carbocycles. The SMILES string of the molecule is CCOCC(=C\c1ccc(C)cc1)/C(=C(/C#C[Si](CC)(CC)CC)COCC)c1ccc(C)cc1. The number of rotatable bonds is 12. The molecule has 0 heterocycles. The molecule has 0 spiro atoms. The van der Waals surface area contributed by atoms with Gasteiger partial charge in [0.05, 0.1) is 13.2 Å². The summed E-state index contributed by atoms with van der Waals surface area (Å²) in [5.74, 6) is 3.68. The van der Waals surface area contributed by atoms with Gasteiger partial charge in [-0.25, -0.2) is 0 Å². The summed E-state index contributed by atoms with van der Waals surface area (Å²) < 4.78 is 12.0. The van der Waals surface area contributed by atoms with Crippen LogP contribution in [0.5, 0.6) is 0 Å². The van der Waals surface area contributed by atoms with Gasteiger partial charge in [-0.15, -0.1) is 5.54 Å². The van der Waals surface area contributed by atoms with Crippen molar-refractivity contribution in [3.8, 4) is 11.5 Å². The third-order valence-electron chi connectivity index (χ3n) is 6.80. The van der Waals surface area contributed by atoms with Crippen LogP contribution in [0, 0.1) is 25.3 Å². The van der Waals surface area contributed by atoms with Crippen molar-refractivity contribution < 1.29 is 9.47 Å². The van der Waals surface area contributed by atoms with Crippen molar-refractivity contribution in [3.05, 3.63) is 81.9 Å². The van der Waals surface area contributed by atoms with Crippen LogP contribution in [0.2, 0.25) is 18.1 Å². The van der Waals surface area contributed by atoms with E-state index in [0.29, 0.717) is 26.4 Å². The van der Waals surface area contributed by atoms with E-state index in [9.17, 15) is 0 Å². The largest absolute Gasteiger partial charge is 0.377 e. The molecule has 35 heavy (non-hydrogen) atoms. The average molecular weight is 489 g/mol. The summed E-state index contributed by atoms with van der Waals surface area (Å²) in [6.07, 6.45) is 2.25. The number of aryl methyl sites for hydroxylation is 2. The molecule has 2 nitrogen and oxygen atoms in total. The smallest absolute Gasteiger partial charge is 0.138 e. The Bertz CT molecular complexity index is 1020. The van der Waals surface area contributed by atoms with Crippen molar-refractivity contribution in [2.45, 2.75) is 66.6 Å². The van der Waals surface area contributed by atoms with Crippen molar-refractivity contribution in [2.24, 2.45) is 0 Å². The summed E-state index contributed by atoms with van der Waals surface area (Å²) in [6, 6.07) is 21.0. The minimum atomic E-state index is -1.62. The van der Waals surface area contributed by atoms with E-state index in [1.807, 2.05) is 13.8 Å². The summed E-state index contributed by atoms with van der Waals surface area (Å²) in [7, 11) is -1.62. The van der Waals surface area contributed by atoms with Crippen LogP contribution in [-0.4, -0.2) is 34.5 Å². The van der Waals surface area contributed by atoms with Crippen LogP contribution < -0.4 is 0 Å². The predicted molar refractivity (Wildman–Crippen MR) is 155 cm³/mol. The van der Waals surface area contributed by atoms with Gasteiger partial charge >= 0.3 is 0 Å². The molecule has 2 rings (SSSR count). The van der Waals surface area contributed by atoms with Crippen LogP contribution in [0.4, 0.5) is 0 Å². The molecule has 0 amide bonds. The molecule has 0 N–H and O–H groups in total. The molecule has 0 atom stereocenters. The van der Waals surface area contributed by atoms with Gasteiger partial charge in [-0.1, -0.05) is 86.3 Å². The fraction of sp³-hybridized carbons (Fsp3) is 0.438. The third-order valence-corrected chi connectivity index (χ3v) is 11.5. The standard InChI is InChI=1S/C32H44O2Si/c1-8-33-24-30(21-22-35(10-3,11-4)12-5)32(29-19-15-27(7)16-20-29)31(25-34-9-2)23-28-17-13-26(6)14-18-28/h13-20,23H,8-12,24-25H2,1-7H3/b31-23+,32-30-. The van der Waals surface area contributed by atoms with Gasteiger partial charge in [0.15, 0.2) is 0 Å². The molecule has 0 saturated carbocycles. The summed E-state index contributed by atoms with van der Waals surface area (Å²) in [5, 5.41) is 0. The molecule has 0 aromatic heterocycles. The Morgan fingerprint density at radius 3 is 1.77 bits per heavy atom. The zero-order chi connectivity index (χ0) is 25.7. The maximum atomic E-state index is 6.00. The van der Waals surface area contributed by atoms with Gasteiger partial charge in [-0.3, -0.25) is 0 Å². The molecular weight excluding hydrogens is 444 g/mol. The van der Waals surface area contributed by atoms with E-state index < -0.39 is 8.07 Å². The van der Waals surface area contributed by atoms with Crippen LogP contribution in [-0.2, 0) is 9.47 Å². The highest BCUT2D eigenvalue weighted by Gasteiger charge is 2.24. The Morgan fingerprint density at radius 2 is 1.26 bits per heavy atom. The van der Waals surface area contributed by atoms with E-state index >= 15 is 0 Å². The van der Waals surface area contributed by atoms with Crippen LogP contribution >= 0.6 is 0 Å². The molecule has 0 saturated heterocycles. The lowest BCUT2D eigenvalue weighted by molar-refractivity contribution is 0.171. The number of ether oxygens (including phenoxy) is 2. The Labute approximate surface area is 215 Å². The van der Waals surface area contributed by atoms with E-state index in [0.717, 1.165) is 27.8 Å². The maximum absolute atomic E-state index is 6.00. The predicted octanol–water partition coefficient (Wildman–Crippen LogP) is 8.26. The quantitative estimate of drug-likeness (QED) is 0.170. The van der Waals surface area contributed by atoms with Crippen molar-refractivity contribution in [1.29, 1.82) is 0 Å². The van der Waals surface area contributed by atoms with Gasteiger partial charge in [-0.05, 0) is 68.6 Å². The number of hydrogen-bond acceptors (Lipinski definition) is 2. The van der Waals surface area contributed by atoms with Gasteiger partial charge in [-0.2, -0.15) is 0 Å². The first-order valence-electron chi connectivity index (χ1n) is 13.2. The second-order valence-electron chi connectivity index (χ2n) is 9.17. The molecule has 0 aliphatic rings. The van der Waals surface area contributed by atoms with Crippen LogP contribution in [0.1, 0.15) is 56.9 Å². The highest BCUT2D eigenvalue weighted by Crippen LogP contribution is 2.30. The first-order chi connectivity index (χ1) is 16.9. The molecule has 0 aliphatic heterocycles. The highest BCUT2D eigenvalue weighted by molar-refractivity contribution is 6.87. The molecule has 0 unspecified atom stereocenters. The normalized spacial score (nSPS) is 12.7. The van der Waals surface area contributed by atoms with E-state index in [-0.39, 0.29) is 0 Å². The van der Waals surface area contributed by atoms with E-state index in [2.05, 4.69) is 101 Å². The van der Waals surface area contributed by atoms with Crippen LogP contribution in [0.25, 0.3) is 11.6 Å². The van der Waals surface area contributed by atoms with Crippen molar-refractivity contribution >= 4 is 19.7 Å². The molecule has 0 radical (unpaired) electrons. The molecule has 0 bridgehead atoms. The fourth-order valence-electron chi connectivity index (χ4n) is 4.13. The average Bonchev–Trinajstić information content (AvgIpc) is 2.88. The van der Waals surface area contributed by atoms with E-state index in [1.54, 1.807) is 0 Å². The summed E-state index contributed by atoms with van der Waals surface area (Å²) in [5.41, 5.74) is 12.0. The second kappa shape index (κ2) is 14.9. The summed E-state index contributed by atoms with van der Waals surface area (Å²) in [6.45, 7) is 17.6. The number of hydrogen-bond donors (Lipinski definition) is 0. The Balaban J connectivity index is 2.83. The van der Waals surface area contributed by atoms with Gasteiger partial charge in [0.1, 0.15) is 8.07 Å². The lowest BCUT2D eigenvalue weighted by Crippen LogP contribution is -2.29. The molecule has 0 fully saturated rings. The van der Waals surface area contributed by atoms with E-state index in [4.69, 9.17) is 9.47 Å². The first kappa shape index (κ1) is 28.9. The molecule has 2 aromatic carbocycles. The molecule has 2 aromatic rings. The molecule has 188 valence electrons. The van der Waals surface area contributed by atoms with Crippen LogP contribution in [0.3, 0.4) is 0 Å². The van der Waals surface area contributed by atoms with Crippen LogP contribution in [0.15, 0.2) is 59.7 Å². The Kier molecular flexibility index (Phi) is 12.3. The van der Waals surface area contributed by atoms with Crippen molar-refractivity contribution in [1.82, 2.24) is 0 Å². The van der Waals surface area contributed by atoms with Gasteiger partial charge in [0.25, 0.3) is 0 Å². The Hall–Kier alpha value is -2.38. The highest BCUT2D eigenvalue weighted by atomic mass is 28.3. The number of benzene rings is 2. The molecular formula is C32H44O2Si. The topological polar surface area (TPSA) is 18.5 Å². The maximum Gasteiger partial charge on any atom is 0.138 e. The first-order valence-corrected chi connectivity index (χ1v) is 15.8. The van der Waals surface area contributed by atoms with Crippen molar-refractivity contribution in [2.75, 3.05) is 26.4 Å². The second-order valence-corrected chi connectivity index (χ2v) is 14.1. The third kappa shape index (κ3) is 8.65. The summed E-state index contributed by atoms with van der Waals surface area (Å²) >= 11 is 0. The van der Waals surface area contributed by atoms with Gasteiger partial charge in [0.2, 0.25) is 0 Å². The van der Waals surface area contributed by atoms with Gasteiger partial charge < -0.3 is 9.47 Å². The van der Waals surface area contributed by atoms with Gasteiger partial charge in [0, 0.05) is 24.4 Å². The summed E-state index contributed by atoms with van der Waals surface area (Å²) in [4.78, 5) is 0. The fourth-order valence-corrected chi connectivity index (χ4v) is 6.58. The molecule has 3 heteroatoms. The lowest BCUT2D eigenvalue weighted by atomic mass is 9.91. The zero-order valence-corrected chi connectivity index (χ0v) is 24.0. The monoisotopic (exact) mass is 488 g/mol. The Morgan fingerprint density at radius 1 is 0.743 bits per heavy atom. The minimum absolute atomic E-state index is 0.506. The zero-order valence-electron chi connectivity index (χ0n) is 23.0. The lowest BCUT2D eigenvalue weighted by Gasteiger charge is -2.21. The van der Waals surface area contributed by atoms with Crippen molar-refractivity contribution in [3.63, 3.8) is 0 Å². The van der Waals surface area contributed by atoms with E-state index in [1.165, 1.54) is 29.3 Å².